The van der Waals surface area contributed by atoms with Crippen molar-refractivity contribution >= 4 is 52.0 Å². The molecule has 33 heavy (non-hydrogen) atoms. The number of carbonyl (C=O) groups is 1. The Bertz CT molecular complexity index is 1520. The van der Waals surface area contributed by atoms with Gasteiger partial charge in [0.15, 0.2) is 5.78 Å². The Morgan fingerprint density at radius 2 is 1.76 bits per heavy atom. The van der Waals surface area contributed by atoms with Crippen LogP contribution in [0.15, 0.2) is 76.6 Å². The van der Waals surface area contributed by atoms with Gasteiger partial charge in [0.2, 0.25) is 0 Å². The second-order valence-electron chi connectivity index (χ2n) is 7.81. The van der Waals surface area contributed by atoms with Crippen LogP contribution < -0.4 is 5.56 Å². The summed E-state index contributed by atoms with van der Waals surface area (Å²) in [7, 11) is 0. The van der Waals surface area contributed by atoms with Crippen LogP contribution in [-0.4, -0.2) is 15.8 Å². The van der Waals surface area contributed by atoms with Gasteiger partial charge in [0.1, 0.15) is 5.15 Å². The molecule has 2 heterocycles. The van der Waals surface area contributed by atoms with E-state index in [-0.39, 0.29) is 10.7 Å². The summed E-state index contributed by atoms with van der Waals surface area (Å²) in [6.45, 7) is 0. The highest BCUT2D eigenvalue weighted by atomic mass is 35.5. The average Bonchev–Trinajstić information content (AvgIpc) is 2.82. The topological polar surface area (TPSA) is 62.8 Å². The molecule has 2 aromatic carbocycles. The van der Waals surface area contributed by atoms with Crippen molar-refractivity contribution in [1.29, 1.82) is 0 Å². The molecule has 0 saturated heterocycles. The van der Waals surface area contributed by atoms with Crippen LogP contribution in [0, 0.1) is 0 Å². The number of aryl methyl sites for hydroxylation is 1. The van der Waals surface area contributed by atoms with Crippen LogP contribution in [0.3, 0.4) is 0 Å². The number of benzene rings is 2. The molecule has 0 radical (unpaired) electrons. The summed E-state index contributed by atoms with van der Waals surface area (Å²) in [4.78, 5) is 33.7. The number of para-hydroxylation sites is 1. The van der Waals surface area contributed by atoms with E-state index in [2.05, 4.69) is 9.97 Å². The molecule has 1 aliphatic carbocycles. The van der Waals surface area contributed by atoms with Gasteiger partial charge in [-0.1, -0.05) is 71.7 Å². The van der Waals surface area contributed by atoms with Crippen molar-refractivity contribution in [3.63, 3.8) is 0 Å². The summed E-state index contributed by atoms with van der Waals surface area (Å²) in [6.07, 6.45) is 6.07. The molecule has 0 saturated carbocycles. The molecule has 4 nitrogen and oxygen atoms in total. The van der Waals surface area contributed by atoms with E-state index in [1.165, 1.54) is 6.08 Å². The van der Waals surface area contributed by atoms with Crippen LogP contribution in [0.1, 0.15) is 33.6 Å². The summed E-state index contributed by atoms with van der Waals surface area (Å²) in [6, 6.07) is 18.9. The molecule has 6 heteroatoms. The minimum absolute atomic E-state index is 0.0729. The van der Waals surface area contributed by atoms with Crippen molar-refractivity contribution in [1.82, 2.24) is 9.97 Å². The van der Waals surface area contributed by atoms with Crippen LogP contribution >= 0.6 is 23.2 Å². The van der Waals surface area contributed by atoms with E-state index in [1.807, 2.05) is 66.7 Å². The van der Waals surface area contributed by atoms with Gasteiger partial charge in [0, 0.05) is 32.8 Å². The maximum absolute atomic E-state index is 13.4. The predicted octanol–water partition coefficient (Wildman–Crippen LogP) is 6.67. The van der Waals surface area contributed by atoms with Gasteiger partial charge >= 0.3 is 0 Å². The van der Waals surface area contributed by atoms with Crippen molar-refractivity contribution in [2.24, 2.45) is 0 Å². The fourth-order valence-corrected chi connectivity index (χ4v) is 4.52. The fraction of sp³-hybridized carbons (Fsp3) is 0.0741. The molecule has 0 spiro atoms. The number of rotatable bonds is 4. The fourth-order valence-electron chi connectivity index (χ4n) is 4.11. The summed E-state index contributed by atoms with van der Waals surface area (Å²) in [5, 5.41) is 1.88. The number of ketones is 1. The monoisotopic (exact) mass is 472 g/mol. The highest BCUT2D eigenvalue weighted by Crippen LogP contribution is 2.34. The van der Waals surface area contributed by atoms with Crippen LogP contribution in [0.4, 0.5) is 0 Å². The van der Waals surface area contributed by atoms with E-state index in [9.17, 15) is 9.59 Å². The number of allylic oxidation sites excluding steroid dienone is 2. The van der Waals surface area contributed by atoms with Gasteiger partial charge in [-0.15, -0.1) is 0 Å². The van der Waals surface area contributed by atoms with Crippen LogP contribution in [0.5, 0.6) is 0 Å². The lowest BCUT2D eigenvalue weighted by atomic mass is 9.89. The lowest BCUT2D eigenvalue weighted by Crippen LogP contribution is -2.22. The molecular weight excluding hydrogens is 455 g/mol. The Labute approximate surface area is 200 Å². The van der Waals surface area contributed by atoms with Gasteiger partial charge < -0.3 is 4.98 Å². The predicted molar refractivity (Wildman–Crippen MR) is 135 cm³/mol. The Morgan fingerprint density at radius 3 is 2.58 bits per heavy atom. The van der Waals surface area contributed by atoms with E-state index >= 15 is 0 Å². The molecule has 1 N–H and O–H groups in total. The molecule has 2 aromatic heterocycles. The highest BCUT2D eigenvalue weighted by molar-refractivity contribution is 6.32. The van der Waals surface area contributed by atoms with Gasteiger partial charge in [0.25, 0.3) is 5.56 Å². The maximum atomic E-state index is 13.4. The number of hydrogen-bond donors (Lipinski definition) is 1. The number of nitrogens with zero attached hydrogens (tertiary/aromatic N) is 1. The standard InChI is InChI=1S/C27H18Cl2N2O2/c28-19-11-12-22-20(15-19)24(16-6-2-1-3-7-16)25(27(33)31-22)23(32)13-10-18-14-17-8-4-5-9-21(17)30-26(18)29/h1-10,13-15H,11-12H2,(H,31,33). The smallest absolute Gasteiger partial charge is 0.260 e. The first-order chi connectivity index (χ1) is 16.0. The first-order valence-corrected chi connectivity index (χ1v) is 11.2. The van der Waals surface area contributed by atoms with E-state index in [0.717, 1.165) is 27.7 Å². The molecule has 0 amide bonds. The number of pyridine rings is 2. The molecular formula is C27H18Cl2N2O2. The number of aromatic nitrogens is 2. The van der Waals surface area contributed by atoms with Crippen LogP contribution in [0.25, 0.3) is 34.2 Å². The molecule has 0 fully saturated rings. The Hall–Kier alpha value is -3.47. The van der Waals surface area contributed by atoms with Crippen molar-refractivity contribution in [2.45, 2.75) is 12.8 Å². The molecule has 4 aromatic rings. The quantitative estimate of drug-likeness (QED) is 0.205. The summed E-state index contributed by atoms with van der Waals surface area (Å²) < 4.78 is 0. The molecule has 1 aliphatic rings. The molecule has 0 bridgehead atoms. The number of aromatic amines is 1. The van der Waals surface area contributed by atoms with E-state index in [4.69, 9.17) is 23.2 Å². The van der Waals surface area contributed by atoms with Gasteiger partial charge in [-0.25, -0.2) is 4.98 Å². The highest BCUT2D eigenvalue weighted by Gasteiger charge is 2.23. The normalized spacial score (nSPS) is 13.2. The minimum Gasteiger partial charge on any atom is -0.325 e. The SMILES string of the molecule is O=C(C=Cc1cc2ccccc2nc1Cl)c1c(-c2ccccc2)c2c([nH]c1=O)CCC(Cl)=C2. The second kappa shape index (κ2) is 8.81. The number of nitrogens with one attached hydrogen (secondary N) is 1. The van der Waals surface area contributed by atoms with Crippen molar-refractivity contribution < 1.29 is 4.79 Å². The van der Waals surface area contributed by atoms with Crippen molar-refractivity contribution in [2.75, 3.05) is 0 Å². The molecule has 5 rings (SSSR count). The van der Waals surface area contributed by atoms with Crippen LogP contribution in [0.2, 0.25) is 5.15 Å². The number of hydrogen-bond acceptors (Lipinski definition) is 3. The molecule has 0 atom stereocenters. The lowest BCUT2D eigenvalue weighted by molar-refractivity contribution is 0.104. The Morgan fingerprint density at radius 1 is 1.00 bits per heavy atom. The largest absolute Gasteiger partial charge is 0.325 e. The molecule has 162 valence electrons. The number of halogens is 2. The van der Waals surface area contributed by atoms with Gasteiger partial charge in [-0.2, -0.15) is 0 Å². The zero-order chi connectivity index (χ0) is 22.9. The van der Waals surface area contributed by atoms with Crippen molar-refractivity contribution in [3.05, 3.63) is 110 Å². The summed E-state index contributed by atoms with van der Waals surface area (Å²) >= 11 is 12.7. The van der Waals surface area contributed by atoms with Gasteiger partial charge in [-0.3, -0.25) is 9.59 Å². The third-order valence-corrected chi connectivity index (χ3v) is 6.28. The first kappa shape index (κ1) is 21.4. The van der Waals surface area contributed by atoms with E-state index < -0.39 is 11.3 Å². The van der Waals surface area contributed by atoms with Gasteiger partial charge in [0.05, 0.1) is 11.1 Å². The Kier molecular flexibility index (Phi) is 5.71. The summed E-state index contributed by atoms with van der Waals surface area (Å²) in [5.41, 5.74) is 3.95. The average molecular weight is 473 g/mol. The van der Waals surface area contributed by atoms with E-state index in [0.29, 0.717) is 29.0 Å². The number of fused-ring (bicyclic) bond motifs is 2. The third-order valence-electron chi connectivity index (χ3n) is 5.68. The lowest BCUT2D eigenvalue weighted by Gasteiger charge is -2.19. The Balaban J connectivity index is 1.64. The maximum Gasteiger partial charge on any atom is 0.260 e. The number of carbonyl (C=O) groups excluding carboxylic acids is 1. The third kappa shape index (κ3) is 4.15. The first-order valence-electron chi connectivity index (χ1n) is 10.5. The van der Waals surface area contributed by atoms with Crippen LogP contribution in [-0.2, 0) is 6.42 Å². The second-order valence-corrected chi connectivity index (χ2v) is 8.66. The van der Waals surface area contributed by atoms with Crippen molar-refractivity contribution in [3.8, 4) is 11.1 Å². The van der Waals surface area contributed by atoms with E-state index in [1.54, 1.807) is 6.08 Å². The number of H-pyrrole nitrogens is 1. The molecule has 0 unspecified atom stereocenters. The molecule has 0 aliphatic heterocycles. The van der Waals surface area contributed by atoms with Gasteiger partial charge in [-0.05, 0) is 48.8 Å². The minimum atomic E-state index is -0.420. The summed E-state index contributed by atoms with van der Waals surface area (Å²) in [5.74, 6) is -0.419. The zero-order valence-electron chi connectivity index (χ0n) is 17.4. The zero-order valence-corrected chi connectivity index (χ0v) is 19.0.